The zero-order chi connectivity index (χ0) is 18.4. The van der Waals surface area contributed by atoms with Crippen LogP contribution in [0.3, 0.4) is 0 Å². The van der Waals surface area contributed by atoms with Crippen molar-refractivity contribution in [2.24, 2.45) is 5.92 Å². The van der Waals surface area contributed by atoms with E-state index in [-0.39, 0.29) is 6.42 Å². The molecule has 2 unspecified atom stereocenters. The lowest BCUT2D eigenvalue weighted by Crippen LogP contribution is -2.40. The first-order valence-electron chi connectivity index (χ1n) is 9.38. The minimum absolute atomic E-state index is 0.206. The Bertz CT molecular complexity index is 716. The number of rotatable bonds is 8. The Morgan fingerprint density at radius 3 is 2.62 bits per heavy atom. The van der Waals surface area contributed by atoms with Gasteiger partial charge in [0.1, 0.15) is 0 Å². The van der Waals surface area contributed by atoms with E-state index in [4.69, 9.17) is 5.11 Å². The van der Waals surface area contributed by atoms with Gasteiger partial charge in [0.25, 0.3) is 0 Å². The van der Waals surface area contributed by atoms with E-state index < -0.39 is 12.1 Å². The number of anilines is 1. The highest BCUT2D eigenvalue weighted by Gasteiger charge is 2.25. The summed E-state index contributed by atoms with van der Waals surface area (Å²) in [5.74, 6) is -0.416. The van der Waals surface area contributed by atoms with Crippen LogP contribution >= 0.6 is 0 Å². The number of aliphatic hydroxyl groups is 1. The number of benzene rings is 2. The summed E-state index contributed by atoms with van der Waals surface area (Å²) in [4.78, 5) is 13.2. The maximum Gasteiger partial charge on any atom is 0.303 e. The fourth-order valence-corrected chi connectivity index (χ4v) is 3.79. The van der Waals surface area contributed by atoms with Gasteiger partial charge in [-0.05, 0) is 48.8 Å². The molecule has 1 heterocycles. The number of hydrogen-bond acceptors (Lipinski definition) is 3. The van der Waals surface area contributed by atoms with Gasteiger partial charge in [-0.1, -0.05) is 48.5 Å². The molecule has 0 amide bonds. The molecule has 1 aliphatic rings. The van der Waals surface area contributed by atoms with E-state index in [1.165, 1.54) is 16.8 Å². The van der Waals surface area contributed by atoms with Gasteiger partial charge < -0.3 is 15.1 Å². The van der Waals surface area contributed by atoms with Crippen molar-refractivity contribution >= 4 is 11.7 Å². The van der Waals surface area contributed by atoms with Crippen LogP contribution in [-0.4, -0.2) is 35.4 Å². The average molecular weight is 353 g/mol. The molecule has 0 saturated heterocycles. The average Bonchev–Trinajstić information content (AvgIpc) is 2.65. The molecular formula is C22H27NO3. The van der Waals surface area contributed by atoms with E-state index in [1.54, 1.807) is 0 Å². The summed E-state index contributed by atoms with van der Waals surface area (Å²) in [5, 5.41) is 19.5. The van der Waals surface area contributed by atoms with Crippen LogP contribution < -0.4 is 4.90 Å². The number of aliphatic hydroxyl groups excluding tert-OH is 1. The quantitative estimate of drug-likeness (QED) is 0.762. The van der Waals surface area contributed by atoms with Crippen molar-refractivity contribution in [2.45, 2.75) is 38.2 Å². The monoisotopic (exact) mass is 353 g/mol. The maximum atomic E-state index is 10.9. The molecule has 0 fully saturated rings. The maximum absolute atomic E-state index is 10.9. The molecule has 2 atom stereocenters. The number of aryl methyl sites for hydroxylation is 1. The number of hydrogen-bond donors (Lipinski definition) is 2. The molecule has 0 saturated carbocycles. The lowest BCUT2D eigenvalue weighted by atomic mass is 9.89. The Hall–Kier alpha value is -2.33. The van der Waals surface area contributed by atoms with E-state index in [0.29, 0.717) is 18.9 Å². The van der Waals surface area contributed by atoms with Gasteiger partial charge in [-0.3, -0.25) is 4.79 Å². The molecule has 1 aliphatic heterocycles. The normalized spacial score (nSPS) is 17.6. The zero-order valence-corrected chi connectivity index (χ0v) is 15.1. The predicted octanol–water partition coefficient (Wildman–Crippen LogP) is 3.52. The largest absolute Gasteiger partial charge is 0.481 e. The summed E-state index contributed by atoms with van der Waals surface area (Å²) < 4.78 is 0. The third-order valence-corrected chi connectivity index (χ3v) is 5.13. The fourth-order valence-electron chi connectivity index (χ4n) is 3.79. The molecule has 4 heteroatoms. The van der Waals surface area contributed by atoms with E-state index in [9.17, 15) is 9.90 Å². The van der Waals surface area contributed by atoms with E-state index in [2.05, 4.69) is 29.2 Å². The minimum Gasteiger partial charge on any atom is -0.481 e. The lowest BCUT2D eigenvalue weighted by molar-refractivity contribution is -0.137. The van der Waals surface area contributed by atoms with E-state index in [1.807, 2.05) is 30.3 Å². The summed E-state index contributed by atoms with van der Waals surface area (Å²) in [6, 6.07) is 18.5. The number of carboxylic acids is 1. The van der Waals surface area contributed by atoms with Crippen molar-refractivity contribution < 1.29 is 15.0 Å². The number of fused-ring (bicyclic) bond motifs is 1. The second-order valence-corrected chi connectivity index (χ2v) is 7.21. The van der Waals surface area contributed by atoms with Gasteiger partial charge in [0.2, 0.25) is 0 Å². The lowest BCUT2D eigenvalue weighted by Gasteiger charge is -2.37. The molecule has 3 rings (SSSR count). The molecule has 0 spiro atoms. The number of nitrogens with zero attached hydrogens (tertiary/aromatic N) is 1. The second-order valence-electron chi connectivity index (χ2n) is 7.21. The Kier molecular flexibility index (Phi) is 6.29. The third kappa shape index (κ3) is 5.09. The summed E-state index contributed by atoms with van der Waals surface area (Å²) in [7, 11) is 0. The molecule has 138 valence electrons. The topological polar surface area (TPSA) is 60.8 Å². The summed E-state index contributed by atoms with van der Waals surface area (Å²) in [6.07, 6.45) is 2.99. The van der Waals surface area contributed by atoms with Crippen LogP contribution in [0.2, 0.25) is 0 Å². The van der Waals surface area contributed by atoms with Crippen LogP contribution in [0.1, 0.15) is 30.4 Å². The van der Waals surface area contributed by atoms with Crippen molar-refractivity contribution in [2.75, 3.05) is 18.0 Å². The first-order valence-corrected chi connectivity index (χ1v) is 9.38. The van der Waals surface area contributed by atoms with E-state index in [0.717, 1.165) is 25.8 Å². The van der Waals surface area contributed by atoms with Gasteiger partial charge in [0.15, 0.2) is 0 Å². The molecule has 4 nitrogen and oxygen atoms in total. The van der Waals surface area contributed by atoms with Crippen molar-refractivity contribution in [3.63, 3.8) is 0 Å². The van der Waals surface area contributed by atoms with Gasteiger partial charge in [-0.15, -0.1) is 0 Å². The highest BCUT2D eigenvalue weighted by Crippen LogP contribution is 2.31. The molecule has 2 aromatic rings. The van der Waals surface area contributed by atoms with Gasteiger partial charge in [-0.2, -0.15) is 0 Å². The van der Waals surface area contributed by atoms with Gasteiger partial charge >= 0.3 is 5.97 Å². The van der Waals surface area contributed by atoms with Crippen molar-refractivity contribution in [3.05, 3.63) is 65.7 Å². The number of aliphatic carboxylic acids is 1. The smallest absolute Gasteiger partial charge is 0.303 e. The Morgan fingerprint density at radius 2 is 1.85 bits per heavy atom. The second kappa shape index (κ2) is 8.86. The molecule has 0 aliphatic carbocycles. The zero-order valence-electron chi connectivity index (χ0n) is 15.1. The number of β-amino-alcohol motifs (C(OH)–C–C–N with tert-alkyl or cyclic N) is 1. The molecule has 2 N–H and O–H groups in total. The Balaban J connectivity index is 1.62. The third-order valence-electron chi connectivity index (χ3n) is 5.13. The van der Waals surface area contributed by atoms with Crippen molar-refractivity contribution in [1.82, 2.24) is 0 Å². The molecule has 2 aromatic carbocycles. The van der Waals surface area contributed by atoms with Crippen LogP contribution in [-0.2, 0) is 17.6 Å². The summed E-state index contributed by atoms with van der Waals surface area (Å²) >= 11 is 0. The minimum atomic E-state index is -0.738. The summed E-state index contributed by atoms with van der Waals surface area (Å²) in [6.45, 7) is 1.40. The predicted molar refractivity (Wildman–Crippen MR) is 103 cm³/mol. The molecule has 0 radical (unpaired) electrons. The molecule has 0 aromatic heterocycles. The van der Waals surface area contributed by atoms with Gasteiger partial charge in [-0.25, -0.2) is 0 Å². The van der Waals surface area contributed by atoms with Gasteiger partial charge in [0.05, 0.1) is 6.10 Å². The number of para-hydroxylation sites is 1. The fraction of sp³-hybridized carbons (Fsp3) is 0.409. The standard InChI is InChI=1S/C22H27NO3/c24-20(12-10-17-6-2-1-3-7-17)16-23-15-18(11-13-22(25)26)14-19-8-4-5-9-21(19)23/h1-9,18,20,24H,10-16H2,(H,25,26). The molecule has 26 heavy (non-hydrogen) atoms. The Morgan fingerprint density at radius 1 is 1.12 bits per heavy atom. The highest BCUT2D eigenvalue weighted by molar-refractivity contribution is 5.66. The van der Waals surface area contributed by atoms with Crippen LogP contribution in [0.5, 0.6) is 0 Å². The molecule has 0 bridgehead atoms. The van der Waals surface area contributed by atoms with Crippen LogP contribution in [0.4, 0.5) is 5.69 Å². The van der Waals surface area contributed by atoms with Crippen LogP contribution in [0.15, 0.2) is 54.6 Å². The Labute approximate surface area is 155 Å². The van der Waals surface area contributed by atoms with Crippen LogP contribution in [0.25, 0.3) is 0 Å². The highest BCUT2D eigenvalue weighted by atomic mass is 16.4. The first-order chi connectivity index (χ1) is 12.6. The van der Waals surface area contributed by atoms with Crippen molar-refractivity contribution in [3.8, 4) is 0 Å². The van der Waals surface area contributed by atoms with Gasteiger partial charge in [0, 0.05) is 25.2 Å². The SMILES string of the molecule is O=C(O)CCC1Cc2ccccc2N(CC(O)CCc2ccccc2)C1. The number of carbonyl (C=O) groups is 1. The van der Waals surface area contributed by atoms with Crippen LogP contribution in [0, 0.1) is 5.92 Å². The number of carboxylic acid groups (broad SMARTS) is 1. The molecular weight excluding hydrogens is 326 g/mol. The first kappa shape index (κ1) is 18.5. The summed E-state index contributed by atoms with van der Waals surface area (Å²) in [5.41, 5.74) is 3.67. The van der Waals surface area contributed by atoms with E-state index >= 15 is 0 Å². The van der Waals surface area contributed by atoms with Crippen molar-refractivity contribution in [1.29, 1.82) is 0 Å².